The summed E-state index contributed by atoms with van der Waals surface area (Å²) in [7, 11) is -3.99. The molecule has 10 nitrogen and oxygen atoms in total. The zero-order valence-corrected chi connectivity index (χ0v) is 21.5. The van der Waals surface area contributed by atoms with E-state index in [1.54, 1.807) is 54.6 Å². The van der Waals surface area contributed by atoms with Crippen LogP contribution < -0.4 is 10.0 Å². The normalized spacial score (nSPS) is 14.9. The van der Waals surface area contributed by atoms with Crippen molar-refractivity contribution < 1.29 is 32.7 Å². The van der Waals surface area contributed by atoms with E-state index in [0.29, 0.717) is 5.56 Å². The van der Waals surface area contributed by atoms with Crippen LogP contribution in [0.1, 0.15) is 53.0 Å². The van der Waals surface area contributed by atoms with Crippen molar-refractivity contribution in [3.05, 3.63) is 71.3 Å². The van der Waals surface area contributed by atoms with Gasteiger partial charge in [-0.05, 0) is 36.5 Å². The van der Waals surface area contributed by atoms with Crippen molar-refractivity contribution in [1.82, 2.24) is 14.9 Å². The molecule has 0 aliphatic carbocycles. The van der Waals surface area contributed by atoms with E-state index in [1.165, 1.54) is 0 Å². The number of carboxylic acid groups (broad SMARTS) is 1. The van der Waals surface area contributed by atoms with E-state index >= 15 is 0 Å². The second kappa shape index (κ2) is 12.1. The largest absolute Gasteiger partial charge is 0.480 e. The number of sulfonamides is 1. The number of carboxylic acids is 1. The molecule has 11 heteroatoms. The summed E-state index contributed by atoms with van der Waals surface area (Å²) < 4.78 is 28.0. The Balaban J connectivity index is 1.61. The highest BCUT2D eigenvalue weighted by molar-refractivity contribution is 7.89. The molecule has 3 rings (SSSR count). The summed E-state index contributed by atoms with van der Waals surface area (Å²) in [6.07, 6.45) is 0.174. The van der Waals surface area contributed by atoms with E-state index < -0.39 is 51.6 Å². The first-order valence-corrected chi connectivity index (χ1v) is 13.7. The number of imide groups is 1. The maximum absolute atomic E-state index is 13.0. The number of hydrogen-bond acceptors (Lipinski definition) is 6. The van der Waals surface area contributed by atoms with E-state index in [1.807, 2.05) is 13.8 Å². The van der Waals surface area contributed by atoms with Crippen molar-refractivity contribution in [2.45, 2.75) is 45.2 Å². The lowest BCUT2D eigenvalue weighted by Gasteiger charge is -2.23. The van der Waals surface area contributed by atoms with Gasteiger partial charge in [0.2, 0.25) is 15.9 Å². The molecule has 2 aromatic carbocycles. The van der Waals surface area contributed by atoms with Crippen molar-refractivity contribution in [3.8, 4) is 0 Å². The van der Waals surface area contributed by atoms with Crippen LogP contribution in [0.25, 0.3) is 0 Å². The Morgan fingerprint density at radius 3 is 2.03 bits per heavy atom. The van der Waals surface area contributed by atoms with Crippen LogP contribution in [0.3, 0.4) is 0 Å². The molecule has 3 N–H and O–H groups in total. The van der Waals surface area contributed by atoms with E-state index in [4.69, 9.17) is 0 Å². The predicted molar refractivity (Wildman–Crippen MR) is 136 cm³/mol. The third kappa shape index (κ3) is 7.46. The van der Waals surface area contributed by atoms with Gasteiger partial charge in [0.15, 0.2) is 0 Å². The topological polar surface area (TPSA) is 150 Å². The molecule has 0 spiro atoms. The van der Waals surface area contributed by atoms with Gasteiger partial charge in [0.1, 0.15) is 12.1 Å². The predicted octanol–water partition coefficient (Wildman–Crippen LogP) is 1.82. The summed E-state index contributed by atoms with van der Waals surface area (Å²) in [5.41, 5.74) is 1.28. The molecule has 37 heavy (non-hydrogen) atoms. The average Bonchev–Trinajstić information content (AvgIpc) is 3.08. The molecule has 2 atom stereocenters. The van der Waals surface area contributed by atoms with Crippen LogP contribution in [0, 0.1) is 5.92 Å². The molecule has 1 heterocycles. The number of aliphatic carboxylic acids is 1. The maximum atomic E-state index is 13.0. The van der Waals surface area contributed by atoms with E-state index in [9.17, 15) is 32.7 Å². The second-order valence-corrected chi connectivity index (χ2v) is 11.2. The van der Waals surface area contributed by atoms with Crippen molar-refractivity contribution >= 4 is 33.7 Å². The zero-order valence-electron chi connectivity index (χ0n) is 20.7. The molecule has 3 amide bonds. The second-order valence-electron chi connectivity index (χ2n) is 9.37. The number of carbonyl (C=O) groups is 4. The monoisotopic (exact) mass is 529 g/mol. The number of benzene rings is 2. The molecule has 0 unspecified atom stereocenters. The molecule has 1 aliphatic rings. The Morgan fingerprint density at radius 1 is 0.919 bits per heavy atom. The molecular formula is C26H31N3O7S. The first-order chi connectivity index (χ1) is 17.5. The summed E-state index contributed by atoms with van der Waals surface area (Å²) in [6, 6.07) is 12.8. The maximum Gasteiger partial charge on any atom is 0.326 e. The minimum Gasteiger partial charge on any atom is -0.480 e. The van der Waals surface area contributed by atoms with Gasteiger partial charge in [0.05, 0.1) is 16.9 Å². The number of amides is 3. The Labute approximate surface area is 216 Å². The molecule has 0 saturated heterocycles. The van der Waals surface area contributed by atoms with Crippen molar-refractivity contribution in [3.63, 3.8) is 0 Å². The van der Waals surface area contributed by atoms with Gasteiger partial charge in [-0.2, -0.15) is 0 Å². The first kappa shape index (κ1) is 28.0. The summed E-state index contributed by atoms with van der Waals surface area (Å²) in [5, 5.41) is 12.0. The third-order valence-corrected chi connectivity index (χ3v) is 7.39. The molecular weight excluding hydrogens is 498 g/mol. The fourth-order valence-electron chi connectivity index (χ4n) is 4.13. The smallest absolute Gasteiger partial charge is 0.326 e. The van der Waals surface area contributed by atoms with Crippen molar-refractivity contribution in [1.29, 1.82) is 0 Å². The number of fused-ring (bicyclic) bond motifs is 1. The molecule has 1 aliphatic heterocycles. The Morgan fingerprint density at radius 2 is 1.49 bits per heavy atom. The van der Waals surface area contributed by atoms with Crippen LogP contribution in [0.2, 0.25) is 0 Å². The Bertz CT molecular complexity index is 1230. The minimum atomic E-state index is -3.99. The van der Waals surface area contributed by atoms with Crippen molar-refractivity contribution in [2.24, 2.45) is 5.92 Å². The number of rotatable bonds is 13. The molecule has 0 aromatic heterocycles. The lowest BCUT2D eigenvalue weighted by atomic mass is 10.0. The highest BCUT2D eigenvalue weighted by Gasteiger charge is 2.35. The Kier molecular flexibility index (Phi) is 9.17. The van der Waals surface area contributed by atoms with Gasteiger partial charge >= 0.3 is 5.97 Å². The molecule has 0 saturated carbocycles. The lowest BCUT2D eigenvalue weighted by molar-refractivity contribution is -0.142. The van der Waals surface area contributed by atoms with Gasteiger partial charge in [-0.3, -0.25) is 19.3 Å². The van der Waals surface area contributed by atoms with Crippen LogP contribution in [0.15, 0.2) is 54.6 Å². The van der Waals surface area contributed by atoms with Crippen molar-refractivity contribution in [2.75, 3.05) is 12.3 Å². The molecule has 0 radical (unpaired) electrons. The quantitative estimate of drug-likeness (QED) is 0.335. The summed E-state index contributed by atoms with van der Waals surface area (Å²) in [5.74, 6) is -3.39. The first-order valence-electron chi connectivity index (χ1n) is 12.0. The number of nitrogens with zero attached hydrogens (tertiary/aromatic N) is 1. The number of carbonyl (C=O) groups excluding carboxylic acids is 3. The molecule has 198 valence electrons. The van der Waals surface area contributed by atoms with E-state index in [2.05, 4.69) is 10.0 Å². The number of hydrogen-bond donors (Lipinski definition) is 3. The fourth-order valence-corrected chi connectivity index (χ4v) is 5.40. The van der Waals surface area contributed by atoms with E-state index in [0.717, 1.165) is 4.90 Å². The van der Waals surface area contributed by atoms with Gasteiger partial charge in [-0.15, -0.1) is 0 Å². The zero-order chi connectivity index (χ0) is 27.2. The standard InChI is InChI=1S/C26H31N3O7S/c1-17(2)15-21(23(30)27-22(26(33)34)16-18-9-4-3-5-10-18)28-37(35,36)14-8-13-29-24(31)19-11-6-7-12-20(19)25(29)32/h3-7,9-12,17,21-22,28H,8,13-16H2,1-2H3,(H,27,30)(H,33,34)/t21-,22-/m0/s1. The van der Waals surface area contributed by atoms with Gasteiger partial charge in [0, 0.05) is 13.0 Å². The highest BCUT2D eigenvalue weighted by atomic mass is 32.2. The van der Waals surface area contributed by atoms with E-state index in [-0.39, 0.29) is 42.9 Å². The summed E-state index contributed by atoms with van der Waals surface area (Å²) in [6.45, 7) is 3.54. The van der Waals surface area contributed by atoms with Gasteiger partial charge < -0.3 is 10.4 Å². The molecule has 0 bridgehead atoms. The van der Waals surface area contributed by atoms with Crippen LogP contribution in [0.5, 0.6) is 0 Å². The fraction of sp³-hybridized carbons (Fsp3) is 0.385. The van der Waals surface area contributed by atoms with Crippen LogP contribution in [0.4, 0.5) is 0 Å². The highest BCUT2D eigenvalue weighted by Crippen LogP contribution is 2.22. The summed E-state index contributed by atoms with van der Waals surface area (Å²) >= 11 is 0. The minimum absolute atomic E-state index is 0.0252. The lowest BCUT2D eigenvalue weighted by Crippen LogP contribution is -2.53. The average molecular weight is 530 g/mol. The SMILES string of the molecule is CC(C)C[C@H](NS(=O)(=O)CCCN1C(=O)c2ccccc2C1=O)C(=O)N[C@@H](Cc1ccccc1)C(=O)O. The Hall–Kier alpha value is -3.57. The number of nitrogens with one attached hydrogen (secondary N) is 2. The summed E-state index contributed by atoms with van der Waals surface area (Å²) in [4.78, 5) is 50.7. The van der Waals surface area contributed by atoms with Crippen LogP contribution in [-0.4, -0.2) is 66.5 Å². The molecule has 2 aromatic rings. The van der Waals surface area contributed by atoms with Crippen LogP contribution >= 0.6 is 0 Å². The van der Waals surface area contributed by atoms with Gasteiger partial charge in [-0.25, -0.2) is 17.9 Å². The third-order valence-electron chi connectivity index (χ3n) is 5.92. The van der Waals surface area contributed by atoms with Crippen LogP contribution in [-0.2, 0) is 26.0 Å². The van der Waals surface area contributed by atoms with Gasteiger partial charge in [0.25, 0.3) is 11.8 Å². The van der Waals surface area contributed by atoms with Gasteiger partial charge in [-0.1, -0.05) is 56.3 Å². The molecule has 0 fully saturated rings.